The summed E-state index contributed by atoms with van der Waals surface area (Å²) in [6.07, 6.45) is 0.516. The van der Waals surface area contributed by atoms with E-state index in [4.69, 9.17) is 4.42 Å². The fourth-order valence-corrected chi connectivity index (χ4v) is 4.18. The standard InChI is InChI=1S/C25H30N2O4/c1-17-13-20(24-3-2-12-31-24)8-9-21(17)26-14-18-4-6-19(7-5-18)15-27-11-10-23(29)25(30)22(27)16-28/h2-9,12-13,22-23,25-26,28-30H,10-11,14-16H2,1H3/t22-,23-,25-/m1/s1. The maximum Gasteiger partial charge on any atom is 0.133 e. The number of nitrogens with one attached hydrogen (secondary N) is 1. The van der Waals surface area contributed by atoms with Gasteiger partial charge in [-0.25, -0.2) is 0 Å². The van der Waals surface area contributed by atoms with Crippen LogP contribution in [0.1, 0.15) is 23.1 Å². The number of anilines is 1. The fraction of sp³-hybridized carbons (Fsp3) is 0.360. The Morgan fingerprint density at radius 2 is 1.84 bits per heavy atom. The Labute approximate surface area is 182 Å². The van der Waals surface area contributed by atoms with E-state index in [1.54, 1.807) is 6.26 Å². The van der Waals surface area contributed by atoms with E-state index in [-0.39, 0.29) is 6.61 Å². The molecule has 4 rings (SSSR count). The molecular weight excluding hydrogens is 392 g/mol. The van der Waals surface area contributed by atoms with E-state index >= 15 is 0 Å². The quantitative estimate of drug-likeness (QED) is 0.468. The van der Waals surface area contributed by atoms with Crippen molar-refractivity contribution < 1.29 is 19.7 Å². The Morgan fingerprint density at radius 1 is 1.06 bits per heavy atom. The van der Waals surface area contributed by atoms with Crippen LogP contribution in [-0.2, 0) is 13.1 Å². The Bertz CT molecular complexity index is 972. The first-order valence-electron chi connectivity index (χ1n) is 10.7. The van der Waals surface area contributed by atoms with Gasteiger partial charge in [0.2, 0.25) is 0 Å². The summed E-state index contributed by atoms with van der Waals surface area (Å²) in [5.74, 6) is 0.865. The summed E-state index contributed by atoms with van der Waals surface area (Å²) >= 11 is 0. The third-order valence-corrected chi connectivity index (χ3v) is 6.08. The topological polar surface area (TPSA) is 89.1 Å². The Hall–Kier alpha value is -2.64. The molecule has 3 atom stereocenters. The number of hydrogen-bond acceptors (Lipinski definition) is 6. The number of aliphatic hydroxyl groups excluding tert-OH is 3. The van der Waals surface area contributed by atoms with Crippen molar-refractivity contribution in [3.8, 4) is 11.3 Å². The largest absolute Gasteiger partial charge is 0.464 e. The van der Waals surface area contributed by atoms with Gasteiger partial charge in [-0.3, -0.25) is 4.90 Å². The van der Waals surface area contributed by atoms with E-state index in [1.165, 1.54) is 5.56 Å². The molecule has 6 nitrogen and oxygen atoms in total. The second kappa shape index (κ2) is 9.66. The van der Waals surface area contributed by atoms with Crippen molar-refractivity contribution in [1.29, 1.82) is 0 Å². The number of rotatable bonds is 7. The predicted molar refractivity (Wildman–Crippen MR) is 121 cm³/mol. The summed E-state index contributed by atoms with van der Waals surface area (Å²) in [4.78, 5) is 2.04. The number of piperidine rings is 1. The van der Waals surface area contributed by atoms with E-state index in [0.717, 1.165) is 34.7 Å². The van der Waals surface area contributed by atoms with Gasteiger partial charge in [0.25, 0.3) is 0 Å². The maximum atomic E-state index is 10.1. The number of likely N-dealkylation sites (tertiary alicyclic amines) is 1. The third kappa shape index (κ3) is 4.99. The smallest absolute Gasteiger partial charge is 0.133 e. The summed E-state index contributed by atoms with van der Waals surface area (Å²) in [5, 5.41) is 33.1. The molecule has 3 aromatic rings. The molecule has 1 saturated heterocycles. The lowest BCUT2D eigenvalue weighted by Gasteiger charge is -2.40. The van der Waals surface area contributed by atoms with Gasteiger partial charge in [-0.1, -0.05) is 24.3 Å². The molecule has 0 aliphatic carbocycles. The van der Waals surface area contributed by atoms with Crippen LogP contribution < -0.4 is 5.32 Å². The first-order chi connectivity index (χ1) is 15.0. The molecule has 164 valence electrons. The van der Waals surface area contributed by atoms with Crippen LogP contribution >= 0.6 is 0 Å². The zero-order valence-electron chi connectivity index (χ0n) is 17.7. The van der Waals surface area contributed by atoms with E-state index < -0.39 is 18.2 Å². The van der Waals surface area contributed by atoms with Crippen LogP contribution in [0.3, 0.4) is 0 Å². The fourth-order valence-electron chi connectivity index (χ4n) is 4.18. The zero-order valence-corrected chi connectivity index (χ0v) is 17.7. The van der Waals surface area contributed by atoms with Crippen molar-refractivity contribution in [1.82, 2.24) is 4.90 Å². The van der Waals surface area contributed by atoms with Crippen LogP contribution in [0.4, 0.5) is 5.69 Å². The molecule has 6 heteroatoms. The molecule has 0 saturated carbocycles. The highest BCUT2D eigenvalue weighted by atomic mass is 16.3. The van der Waals surface area contributed by atoms with Crippen LogP contribution in [0.5, 0.6) is 0 Å². The van der Waals surface area contributed by atoms with Gasteiger partial charge in [-0.2, -0.15) is 0 Å². The van der Waals surface area contributed by atoms with Crippen LogP contribution in [0.2, 0.25) is 0 Å². The van der Waals surface area contributed by atoms with Gasteiger partial charge in [-0.05, 0) is 60.4 Å². The maximum absolute atomic E-state index is 10.1. The SMILES string of the molecule is Cc1cc(-c2ccco2)ccc1NCc1ccc(CN2CC[C@@H](O)[C@H](O)[C@H]2CO)cc1. The molecule has 0 radical (unpaired) electrons. The normalized spacial score (nSPS) is 21.9. The summed E-state index contributed by atoms with van der Waals surface area (Å²) in [6.45, 7) is 3.92. The Kier molecular flexibility index (Phi) is 6.73. The minimum absolute atomic E-state index is 0.168. The van der Waals surface area contributed by atoms with Crippen LogP contribution in [0, 0.1) is 6.92 Å². The number of aryl methyl sites for hydroxylation is 1. The van der Waals surface area contributed by atoms with Crippen molar-refractivity contribution in [3.05, 3.63) is 77.6 Å². The monoisotopic (exact) mass is 422 g/mol. The first kappa shape index (κ1) is 21.6. The average Bonchev–Trinajstić information content (AvgIpc) is 3.32. The van der Waals surface area contributed by atoms with Gasteiger partial charge in [0, 0.05) is 30.9 Å². The molecule has 0 amide bonds. The Morgan fingerprint density at radius 3 is 2.52 bits per heavy atom. The third-order valence-electron chi connectivity index (χ3n) is 6.08. The van der Waals surface area contributed by atoms with Gasteiger partial charge in [0.15, 0.2) is 0 Å². The van der Waals surface area contributed by atoms with Crippen LogP contribution in [-0.4, -0.2) is 51.6 Å². The molecule has 1 fully saturated rings. The number of aliphatic hydroxyl groups is 3. The zero-order chi connectivity index (χ0) is 21.8. The highest BCUT2D eigenvalue weighted by molar-refractivity contribution is 5.64. The summed E-state index contributed by atoms with van der Waals surface area (Å²) < 4.78 is 5.47. The molecule has 4 N–H and O–H groups in total. The molecule has 1 aliphatic heterocycles. The van der Waals surface area contributed by atoms with Gasteiger partial charge in [-0.15, -0.1) is 0 Å². The molecule has 0 unspecified atom stereocenters. The van der Waals surface area contributed by atoms with Crippen molar-refractivity contribution in [2.75, 3.05) is 18.5 Å². The summed E-state index contributed by atoms with van der Waals surface area (Å²) in [5.41, 5.74) is 5.60. The molecule has 2 heterocycles. The van der Waals surface area contributed by atoms with E-state index in [1.807, 2.05) is 17.0 Å². The van der Waals surface area contributed by atoms with Crippen molar-refractivity contribution in [3.63, 3.8) is 0 Å². The van der Waals surface area contributed by atoms with Crippen LogP contribution in [0.25, 0.3) is 11.3 Å². The number of hydrogen-bond donors (Lipinski definition) is 4. The molecule has 31 heavy (non-hydrogen) atoms. The molecule has 2 aromatic carbocycles. The minimum Gasteiger partial charge on any atom is -0.464 e. The number of benzene rings is 2. The van der Waals surface area contributed by atoms with Crippen molar-refractivity contribution in [2.24, 2.45) is 0 Å². The summed E-state index contributed by atoms with van der Waals surface area (Å²) in [6, 6.07) is 18.0. The molecule has 0 bridgehead atoms. The van der Waals surface area contributed by atoms with E-state index in [0.29, 0.717) is 19.5 Å². The highest BCUT2D eigenvalue weighted by Gasteiger charge is 2.35. The molecular formula is C25H30N2O4. The van der Waals surface area contributed by atoms with Crippen molar-refractivity contribution in [2.45, 2.75) is 44.7 Å². The highest BCUT2D eigenvalue weighted by Crippen LogP contribution is 2.26. The molecule has 1 aliphatic rings. The molecule has 1 aromatic heterocycles. The van der Waals surface area contributed by atoms with E-state index in [9.17, 15) is 15.3 Å². The van der Waals surface area contributed by atoms with Gasteiger partial charge in [0.1, 0.15) is 5.76 Å². The lowest BCUT2D eigenvalue weighted by molar-refractivity contribution is -0.0920. The minimum atomic E-state index is -0.912. The molecule has 0 spiro atoms. The second-order valence-electron chi connectivity index (χ2n) is 8.24. The second-order valence-corrected chi connectivity index (χ2v) is 8.24. The number of nitrogens with zero attached hydrogens (tertiary/aromatic N) is 1. The van der Waals surface area contributed by atoms with Gasteiger partial charge in [0.05, 0.1) is 31.1 Å². The van der Waals surface area contributed by atoms with Gasteiger partial charge < -0.3 is 25.1 Å². The number of furan rings is 1. The lowest BCUT2D eigenvalue weighted by atomic mass is 9.96. The van der Waals surface area contributed by atoms with Crippen LogP contribution in [0.15, 0.2) is 65.3 Å². The Balaban J connectivity index is 1.35. The average molecular weight is 423 g/mol. The lowest BCUT2D eigenvalue weighted by Crippen LogP contribution is -2.55. The van der Waals surface area contributed by atoms with Gasteiger partial charge >= 0.3 is 0 Å². The van der Waals surface area contributed by atoms with Crippen molar-refractivity contribution >= 4 is 5.69 Å². The first-order valence-corrected chi connectivity index (χ1v) is 10.7. The van der Waals surface area contributed by atoms with E-state index in [2.05, 4.69) is 54.7 Å². The predicted octanol–water partition coefficient (Wildman–Crippen LogP) is 3.16. The summed E-state index contributed by atoms with van der Waals surface area (Å²) in [7, 11) is 0.